The highest BCUT2D eigenvalue weighted by molar-refractivity contribution is 5.85. The van der Waals surface area contributed by atoms with Crippen molar-refractivity contribution in [1.82, 2.24) is 0 Å². The van der Waals surface area contributed by atoms with Crippen molar-refractivity contribution in [3.05, 3.63) is 0 Å². The molecular formula is C5H12ClNO. The van der Waals surface area contributed by atoms with Crippen molar-refractivity contribution >= 4 is 12.4 Å². The third-order valence-corrected chi connectivity index (χ3v) is 1.56. The number of hydrogen-bond acceptors (Lipinski definition) is 2. The summed E-state index contributed by atoms with van der Waals surface area (Å²) < 4.78 is 4.97. The topological polar surface area (TPSA) is 35.2 Å². The van der Waals surface area contributed by atoms with Crippen molar-refractivity contribution in [1.29, 1.82) is 0 Å². The van der Waals surface area contributed by atoms with Crippen LogP contribution in [0.25, 0.3) is 0 Å². The molecule has 50 valence electrons. The average molecular weight is 138 g/mol. The van der Waals surface area contributed by atoms with Crippen LogP contribution in [0, 0.1) is 0 Å². The Morgan fingerprint density at radius 2 is 2.12 bits per heavy atom. The van der Waals surface area contributed by atoms with E-state index in [1.54, 1.807) is 7.11 Å². The van der Waals surface area contributed by atoms with Crippen LogP contribution in [-0.2, 0) is 4.74 Å². The molecule has 8 heavy (non-hydrogen) atoms. The summed E-state index contributed by atoms with van der Waals surface area (Å²) in [5.74, 6) is 0. The van der Waals surface area contributed by atoms with Crippen LogP contribution in [0.1, 0.15) is 12.8 Å². The molecule has 0 heterocycles. The van der Waals surface area contributed by atoms with Gasteiger partial charge in [-0.15, -0.1) is 12.4 Å². The maximum Gasteiger partial charge on any atom is 0.0722 e. The van der Waals surface area contributed by atoms with Crippen LogP contribution in [0.5, 0.6) is 0 Å². The van der Waals surface area contributed by atoms with Crippen LogP contribution in [0.4, 0.5) is 0 Å². The highest BCUT2D eigenvalue weighted by Gasteiger charge is 2.26. The maximum absolute atomic E-state index is 5.51. The molecule has 1 unspecified atom stereocenters. The summed E-state index contributed by atoms with van der Waals surface area (Å²) in [6.45, 7) is 0. The summed E-state index contributed by atoms with van der Waals surface area (Å²) in [5, 5.41) is 0. The quantitative estimate of drug-likeness (QED) is 0.573. The Hall–Kier alpha value is 0.210. The van der Waals surface area contributed by atoms with E-state index in [0.29, 0.717) is 12.1 Å². The lowest BCUT2D eigenvalue weighted by Gasteiger charge is -2.31. The van der Waals surface area contributed by atoms with E-state index < -0.39 is 0 Å². The second-order valence-corrected chi connectivity index (χ2v) is 2.02. The van der Waals surface area contributed by atoms with Gasteiger partial charge >= 0.3 is 0 Å². The molecule has 0 bridgehead atoms. The Bertz CT molecular complexity index is 67.4. The lowest BCUT2D eigenvalue weighted by Crippen LogP contribution is -2.45. The number of methoxy groups -OCH3 is 1. The minimum absolute atomic E-state index is 0. The van der Waals surface area contributed by atoms with Crippen molar-refractivity contribution in [3.63, 3.8) is 0 Å². The molecule has 1 saturated carbocycles. The summed E-state index contributed by atoms with van der Waals surface area (Å²) in [4.78, 5) is 0. The molecule has 1 fully saturated rings. The van der Waals surface area contributed by atoms with Crippen molar-refractivity contribution in [3.8, 4) is 0 Å². The van der Waals surface area contributed by atoms with Crippen LogP contribution in [0.3, 0.4) is 0 Å². The maximum atomic E-state index is 5.51. The van der Waals surface area contributed by atoms with Gasteiger partial charge in [0.1, 0.15) is 0 Å². The summed E-state index contributed by atoms with van der Waals surface area (Å²) in [5.41, 5.74) is 5.51. The van der Waals surface area contributed by atoms with Crippen molar-refractivity contribution in [2.24, 2.45) is 5.73 Å². The number of nitrogens with two attached hydrogens (primary N) is 1. The molecule has 0 aliphatic heterocycles. The molecule has 1 aliphatic rings. The largest absolute Gasteiger partial charge is 0.380 e. The van der Waals surface area contributed by atoms with E-state index in [2.05, 4.69) is 0 Å². The van der Waals surface area contributed by atoms with E-state index in [1.165, 1.54) is 0 Å². The molecule has 0 saturated heterocycles. The van der Waals surface area contributed by atoms with E-state index >= 15 is 0 Å². The van der Waals surface area contributed by atoms with Crippen molar-refractivity contribution in [2.45, 2.75) is 25.0 Å². The van der Waals surface area contributed by atoms with Crippen LogP contribution < -0.4 is 5.73 Å². The molecule has 1 aliphatic carbocycles. The second-order valence-electron chi connectivity index (χ2n) is 2.02. The fourth-order valence-corrected chi connectivity index (χ4v) is 0.788. The van der Waals surface area contributed by atoms with Gasteiger partial charge in [0.2, 0.25) is 0 Å². The predicted molar refractivity (Wildman–Crippen MR) is 35.3 cm³/mol. The molecule has 1 rings (SSSR count). The number of halogens is 1. The molecule has 0 aromatic heterocycles. The molecule has 2 N–H and O–H groups in total. The fourth-order valence-electron chi connectivity index (χ4n) is 0.788. The Morgan fingerprint density at radius 3 is 2.12 bits per heavy atom. The molecule has 3 heteroatoms. The molecule has 2 atom stereocenters. The van der Waals surface area contributed by atoms with Gasteiger partial charge in [-0.25, -0.2) is 0 Å². The zero-order chi connectivity index (χ0) is 5.28. The zero-order valence-electron chi connectivity index (χ0n) is 4.96. The monoisotopic (exact) mass is 137 g/mol. The first-order valence-corrected chi connectivity index (χ1v) is 2.63. The fraction of sp³-hybridized carbons (Fsp3) is 1.00. The molecule has 0 aromatic carbocycles. The lowest BCUT2D eigenvalue weighted by atomic mass is 9.90. The van der Waals surface area contributed by atoms with Gasteiger partial charge in [-0.05, 0) is 12.8 Å². The zero-order valence-corrected chi connectivity index (χ0v) is 5.78. The Labute approximate surface area is 55.8 Å². The average Bonchev–Trinajstić information content (AvgIpc) is 1.65. The van der Waals surface area contributed by atoms with Crippen LogP contribution >= 0.6 is 12.4 Å². The summed E-state index contributed by atoms with van der Waals surface area (Å²) in [6.07, 6.45) is 2.65. The Morgan fingerprint density at radius 1 is 1.50 bits per heavy atom. The number of hydrogen-bond donors (Lipinski definition) is 1. The van der Waals surface area contributed by atoms with E-state index in [0.717, 1.165) is 12.8 Å². The molecule has 2 nitrogen and oxygen atoms in total. The van der Waals surface area contributed by atoms with E-state index in [1.807, 2.05) is 0 Å². The van der Waals surface area contributed by atoms with Crippen molar-refractivity contribution in [2.75, 3.05) is 7.11 Å². The minimum atomic E-state index is 0. The lowest BCUT2D eigenvalue weighted by molar-refractivity contribution is 0.0213. The van der Waals surface area contributed by atoms with Crippen LogP contribution in [-0.4, -0.2) is 19.3 Å². The van der Waals surface area contributed by atoms with Gasteiger partial charge < -0.3 is 10.5 Å². The Kier molecular flexibility index (Phi) is 3.36. The first kappa shape index (κ1) is 8.21. The number of rotatable bonds is 1. The first-order chi connectivity index (χ1) is 3.34. The highest BCUT2D eigenvalue weighted by Crippen LogP contribution is 2.19. The summed E-state index contributed by atoms with van der Waals surface area (Å²) in [6, 6.07) is 0.324. The van der Waals surface area contributed by atoms with Crippen LogP contribution in [0.2, 0.25) is 0 Å². The van der Waals surface area contributed by atoms with Gasteiger partial charge in [-0.3, -0.25) is 0 Å². The van der Waals surface area contributed by atoms with Crippen molar-refractivity contribution < 1.29 is 4.74 Å². The van der Waals surface area contributed by atoms with Gasteiger partial charge in [0.05, 0.1) is 6.10 Å². The molecule has 0 radical (unpaired) electrons. The number of ether oxygens (including phenoxy) is 1. The molecule has 0 aromatic rings. The van der Waals surface area contributed by atoms with E-state index in [9.17, 15) is 0 Å². The SMILES string of the molecule is CO[C@@H]1CCC1N.Cl. The third kappa shape index (κ3) is 1.34. The Balaban J connectivity index is 0.000000490. The van der Waals surface area contributed by atoms with Crippen LogP contribution in [0.15, 0.2) is 0 Å². The predicted octanol–water partition coefficient (Wildman–Crippen LogP) is 0.544. The summed E-state index contributed by atoms with van der Waals surface area (Å²) in [7, 11) is 1.71. The normalized spacial score (nSPS) is 35.2. The minimum Gasteiger partial charge on any atom is -0.380 e. The molecule has 0 spiro atoms. The first-order valence-electron chi connectivity index (χ1n) is 2.63. The van der Waals surface area contributed by atoms with Gasteiger partial charge in [0, 0.05) is 13.2 Å². The van der Waals surface area contributed by atoms with Gasteiger partial charge in [0.25, 0.3) is 0 Å². The standard InChI is InChI=1S/C5H11NO.ClH/c1-7-5-3-2-4(5)6;/h4-5H,2-3,6H2,1H3;1H/t4?,5-;/m1./s1. The van der Waals surface area contributed by atoms with E-state index in [-0.39, 0.29) is 12.4 Å². The van der Waals surface area contributed by atoms with Gasteiger partial charge in [-0.2, -0.15) is 0 Å². The second kappa shape index (κ2) is 3.28. The molecule has 0 amide bonds. The van der Waals surface area contributed by atoms with E-state index in [4.69, 9.17) is 10.5 Å². The van der Waals surface area contributed by atoms with Gasteiger partial charge in [-0.1, -0.05) is 0 Å². The summed E-state index contributed by atoms with van der Waals surface area (Å²) >= 11 is 0. The molecular weight excluding hydrogens is 126 g/mol. The highest BCUT2D eigenvalue weighted by atomic mass is 35.5. The van der Waals surface area contributed by atoms with Gasteiger partial charge in [0.15, 0.2) is 0 Å². The smallest absolute Gasteiger partial charge is 0.0722 e. The third-order valence-electron chi connectivity index (χ3n) is 1.56.